The van der Waals surface area contributed by atoms with Gasteiger partial charge in [-0.05, 0) is 18.3 Å². The molecule has 0 saturated heterocycles. The molecule has 0 unspecified atom stereocenters. The number of hydrogen-bond donors (Lipinski definition) is 1. The van der Waals surface area contributed by atoms with Gasteiger partial charge in [0.2, 0.25) is 0 Å². The first kappa shape index (κ1) is 11.0. The molecule has 0 heterocycles. The van der Waals surface area contributed by atoms with Gasteiger partial charge >= 0.3 is 0 Å². The predicted molar refractivity (Wildman–Crippen MR) is 51.5 cm³/mol. The molecule has 0 rings (SSSR count). The van der Waals surface area contributed by atoms with Gasteiger partial charge in [-0.1, -0.05) is 40.5 Å². The van der Waals surface area contributed by atoms with Crippen LogP contribution in [0.15, 0.2) is 0 Å². The molecule has 0 aliphatic heterocycles. The number of rotatable bonds is 5. The molecule has 0 amide bonds. The summed E-state index contributed by atoms with van der Waals surface area (Å²) in [5, 5.41) is 0. The van der Waals surface area contributed by atoms with Crippen LogP contribution in [0.4, 0.5) is 0 Å². The van der Waals surface area contributed by atoms with Crippen molar-refractivity contribution in [3.63, 3.8) is 0 Å². The van der Waals surface area contributed by atoms with E-state index in [1.165, 1.54) is 12.8 Å². The Morgan fingerprint density at radius 3 is 2.09 bits per heavy atom. The average molecular weight is 157 g/mol. The zero-order chi connectivity index (χ0) is 8.85. The molecule has 0 aliphatic rings. The highest BCUT2D eigenvalue weighted by atomic mass is 14.6. The smallest absolute Gasteiger partial charge is 0.00644 e. The van der Waals surface area contributed by atoms with Crippen LogP contribution in [0.1, 0.15) is 47.0 Å². The van der Waals surface area contributed by atoms with Crippen molar-refractivity contribution in [1.82, 2.24) is 0 Å². The quantitative estimate of drug-likeness (QED) is 0.652. The molecule has 1 nitrogen and oxygen atoms in total. The summed E-state index contributed by atoms with van der Waals surface area (Å²) in [7, 11) is 0. The molecule has 0 radical (unpaired) electrons. The molecule has 1 heteroatoms. The molecule has 0 fully saturated rings. The van der Waals surface area contributed by atoms with Crippen molar-refractivity contribution in [3.8, 4) is 0 Å². The van der Waals surface area contributed by atoms with E-state index in [-0.39, 0.29) is 0 Å². The van der Waals surface area contributed by atoms with Crippen LogP contribution in [-0.4, -0.2) is 6.04 Å². The molecule has 0 spiro atoms. The van der Waals surface area contributed by atoms with Crippen LogP contribution in [0.25, 0.3) is 0 Å². The van der Waals surface area contributed by atoms with E-state index in [0.717, 1.165) is 12.3 Å². The van der Waals surface area contributed by atoms with E-state index in [2.05, 4.69) is 27.7 Å². The number of hydrogen-bond acceptors (Lipinski definition) is 1. The van der Waals surface area contributed by atoms with Gasteiger partial charge in [0, 0.05) is 6.04 Å². The third kappa shape index (κ3) is 3.76. The van der Waals surface area contributed by atoms with Crippen LogP contribution >= 0.6 is 0 Å². The minimum Gasteiger partial charge on any atom is -0.327 e. The monoisotopic (exact) mass is 157 g/mol. The third-order valence-corrected chi connectivity index (χ3v) is 2.79. The van der Waals surface area contributed by atoms with Crippen LogP contribution in [0.2, 0.25) is 0 Å². The first-order chi connectivity index (χ1) is 5.13. The van der Waals surface area contributed by atoms with Gasteiger partial charge < -0.3 is 5.73 Å². The summed E-state index contributed by atoms with van der Waals surface area (Å²) in [6, 6.07) is 0.400. The minimum atomic E-state index is 0.400. The first-order valence-corrected chi connectivity index (χ1v) is 4.89. The van der Waals surface area contributed by atoms with Gasteiger partial charge in [0.1, 0.15) is 0 Å². The lowest BCUT2D eigenvalue weighted by molar-refractivity contribution is 0.301. The lowest BCUT2D eigenvalue weighted by Crippen LogP contribution is -2.31. The average Bonchev–Trinajstić information content (AvgIpc) is 2.02. The molecule has 0 aliphatic carbocycles. The largest absolute Gasteiger partial charge is 0.327 e. The molecule has 3 atom stereocenters. The predicted octanol–water partition coefficient (Wildman–Crippen LogP) is 2.80. The normalized spacial score (nSPS) is 19.4. The van der Waals surface area contributed by atoms with E-state index in [9.17, 15) is 0 Å². The molecule has 0 bridgehead atoms. The fourth-order valence-corrected chi connectivity index (χ4v) is 1.51. The maximum atomic E-state index is 5.95. The molecule has 0 aromatic heterocycles. The summed E-state index contributed by atoms with van der Waals surface area (Å²) < 4.78 is 0. The lowest BCUT2D eigenvalue weighted by atomic mass is 9.85. The molecular weight excluding hydrogens is 134 g/mol. The van der Waals surface area contributed by atoms with Crippen LogP contribution in [0.5, 0.6) is 0 Å². The molecular formula is C10H23N. The van der Waals surface area contributed by atoms with Crippen LogP contribution in [0, 0.1) is 11.8 Å². The second-order valence-corrected chi connectivity index (χ2v) is 3.70. The standard InChI is InChI=1S/C10H23N/c1-5-7-8(3)9(4)10(11)6-2/h8-10H,5-7,11H2,1-4H3/t8-,9-,10-/m1/s1. The third-order valence-electron chi connectivity index (χ3n) is 2.79. The Labute approximate surface area is 71.4 Å². The van der Waals surface area contributed by atoms with Gasteiger partial charge in [0.25, 0.3) is 0 Å². The fourth-order valence-electron chi connectivity index (χ4n) is 1.51. The van der Waals surface area contributed by atoms with Crippen LogP contribution in [-0.2, 0) is 0 Å². The Bertz CT molecular complexity index is 90.9. The summed E-state index contributed by atoms with van der Waals surface area (Å²) >= 11 is 0. The lowest BCUT2D eigenvalue weighted by Gasteiger charge is -2.24. The molecule has 0 aromatic rings. The Morgan fingerprint density at radius 2 is 1.73 bits per heavy atom. The zero-order valence-electron chi connectivity index (χ0n) is 8.43. The molecule has 11 heavy (non-hydrogen) atoms. The van der Waals surface area contributed by atoms with Crippen molar-refractivity contribution in [2.24, 2.45) is 17.6 Å². The van der Waals surface area contributed by atoms with Gasteiger partial charge in [-0.3, -0.25) is 0 Å². The molecule has 68 valence electrons. The second-order valence-electron chi connectivity index (χ2n) is 3.70. The molecule has 2 N–H and O–H groups in total. The molecule has 0 aromatic carbocycles. The van der Waals surface area contributed by atoms with Gasteiger partial charge in [-0.15, -0.1) is 0 Å². The Balaban J connectivity index is 3.70. The van der Waals surface area contributed by atoms with Crippen molar-refractivity contribution in [3.05, 3.63) is 0 Å². The van der Waals surface area contributed by atoms with E-state index in [1.54, 1.807) is 0 Å². The topological polar surface area (TPSA) is 26.0 Å². The minimum absolute atomic E-state index is 0.400. The Hall–Kier alpha value is -0.0400. The van der Waals surface area contributed by atoms with Crippen LogP contribution in [0.3, 0.4) is 0 Å². The summed E-state index contributed by atoms with van der Waals surface area (Å²) in [6.07, 6.45) is 3.70. The highest BCUT2D eigenvalue weighted by molar-refractivity contribution is 4.72. The van der Waals surface area contributed by atoms with Crippen molar-refractivity contribution >= 4 is 0 Å². The maximum Gasteiger partial charge on any atom is 0.00644 e. The van der Waals surface area contributed by atoms with E-state index >= 15 is 0 Å². The van der Waals surface area contributed by atoms with E-state index in [0.29, 0.717) is 12.0 Å². The zero-order valence-corrected chi connectivity index (χ0v) is 8.43. The van der Waals surface area contributed by atoms with Crippen molar-refractivity contribution in [2.45, 2.75) is 53.0 Å². The summed E-state index contributed by atoms with van der Waals surface area (Å²) in [5.41, 5.74) is 5.95. The summed E-state index contributed by atoms with van der Waals surface area (Å²) in [4.78, 5) is 0. The van der Waals surface area contributed by atoms with Crippen molar-refractivity contribution in [1.29, 1.82) is 0 Å². The van der Waals surface area contributed by atoms with Gasteiger partial charge in [0.05, 0.1) is 0 Å². The van der Waals surface area contributed by atoms with Gasteiger partial charge in [-0.25, -0.2) is 0 Å². The summed E-state index contributed by atoms with van der Waals surface area (Å²) in [5.74, 6) is 1.47. The van der Waals surface area contributed by atoms with Gasteiger partial charge in [-0.2, -0.15) is 0 Å². The van der Waals surface area contributed by atoms with E-state index in [1.807, 2.05) is 0 Å². The summed E-state index contributed by atoms with van der Waals surface area (Å²) in [6.45, 7) is 8.98. The first-order valence-electron chi connectivity index (χ1n) is 4.89. The van der Waals surface area contributed by atoms with Crippen molar-refractivity contribution in [2.75, 3.05) is 0 Å². The van der Waals surface area contributed by atoms with Gasteiger partial charge in [0.15, 0.2) is 0 Å². The fraction of sp³-hybridized carbons (Fsp3) is 1.00. The van der Waals surface area contributed by atoms with E-state index < -0.39 is 0 Å². The maximum absolute atomic E-state index is 5.95. The van der Waals surface area contributed by atoms with E-state index in [4.69, 9.17) is 5.73 Å². The SMILES string of the molecule is CCC[C@@H](C)[C@@H](C)[C@H](N)CC. The highest BCUT2D eigenvalue weighted by Crippen LogP contribution is 2.20. The molecule has 0 saturated carbocycles. The Kier molecular flexibility index (Phi) is 5.57. The second kappa shape index (κ2) is 5.59. The highest BCUT2D eigenvalue weighted by Gasteiger charge is 2.16. The number of nitrogens with two attached hydrogens (primary N) is 1. The van der Waals surface area contributed by atoms with Crippen molar-refractivity contribution < 1.29 is 0 Å². The Morgan fingerprint density at radius 1 is 1.18 bits per heavy atom. The van der Waals surface area contributed by atoms with Crippen LogP contribution < -0.4 is 5.73 Å².